The Labute approximate surface area is 135 Å². The number of pyridine rings is 1. The van der Waals surface area contributed by atoms with Crippen LogP contribution in [-0.2, 0) is 22.3 Å². The molecule has 0 radical (unpaired) electrons. The molecule has 0 aliphatic heterocycles. The fourth-order valence-electron chi connectivity index (χ4n) is 1.85. The molecule has 0 saturated heterocycles. The van der Waals surface area contributed by atoms with Crippen LogP contribution in [0.5, 0.6) is 0 Å². The molecule has 1 aromatic carbocycles. The second-order valence-corrected chi connectivity index (χ2v) is 4.90. The van der Waals surface area contributed by atoms with Crippen LogP contribution in [0.15, 0.2) is 48.7 Å². The van der Waals surface area contributed by atoms with Gasteiger partial charge in [-0.1, -0.05) is 6.07 Å². The van der Waals surface area contributed by atoms with E-state index in [1.165, 1.54) is 0 Å². The lowest BCUT2D eigenvalue weighted by Crippen LogP contribution is -2.28. The van der Waals surface area contributed by atoms with Crippen LogP contribution < -0.4 is 10.6 Å². The van der Waals surface area contributed by atoms with Crippen LogP contribution in [0.3, 0.4) is 0 Å². The number of alkyl halides is 3. The van der Waals surface area contributed by atoms with Gasteiger partial charge in [-0.05, 0) is 36.4 Å². The zero-order valence-corrected chi connectivity index (χ0v) is 12.4. The van der Waals surface area contributed by atoms with Crippen LogP contribution in [-0.4, -0.2) is 16.8 Å². The van der Waals surface area contributed by atoms with Crippen LogP contribution in [0.1, 0.15) is 17.7 Å². The molecule has 0 unspecified atom stereocenters. The maximum Gasteiger partial charge on any atom is 0.416 e. The predicted octanol–water partition coefficient (Wildman–Crippen LogP) is 2.75. The zero-order valence-electron chi connectivity index (χ0n) is 12.4. The number of benzene rings is 1. The van der Waals surface area contributed by atoms with E-state index < -0.39 is 30.0 Å². The van der Waals surface area contributed by atoms with E-state index in [0.29, 0.717) is 5.69 Å². The van der Waals surface area contributed by atoms with Gasteiger partial charge in [0.2, 0.25) is 11.8 Å². The van der Waals surface area contributed by atoms with Crippen LogP contribution in [0.25, 0.3) is 0 Å². The number of rotatable bonds is 5. The molecule has 8 heteroatoms. The predicted molar refractivity (Wildman–Crippen MR) is 80.8 cm³/mol. The van der Waals surface area contributed by atoms with Crippen LogP contribution >= 0.6 is 0 Å². The van der Waals surface area contributed by atoms with Gasteiger partial charge in [-0.2, -0.15) is 13.2 Å². The summed E-state index contributed by atoms with van der Waals surface area (Å²) in [6.07, 6.45) is -3.29. The van der Waals surface area contributed by atoms with Gasteiger partial charge in [0.15, 0.2) is 0 Å². The van der Waals surface area contributed by atoms with Crippen molar-refractivity contribution in [2.24, 2.45) is 0 Å². The second kappa shape index (κ2) is 7.58. The molecule has 0 fully saturated rings. The molecule has 0 atom stereocenters. The van der Waals surface area contributed by atoms with E-state index in [9.17, 15) is 22.8 Å². The van der Waals surface area contributed by atoms with E-state index in [2.05, 4.69) is 15.6 Å². The average Bonchev–Trinajstić information content (AvgIpc) is 2.53. The van der Waals surface area contributed by atoms with Crippen molar-refractivity contribution in [2.75, 3.05) is 5.32 Å². The second-order valence-electron chi connectivity index (χ2n) is 4.90. The standard InChI is InChI=1S/C16H14F3N3O2/c17-16(18,19)11-4-6-12(7-5-11)22-15(24)9-14(23)21-10-13-3-1-2-8-20-13/h1-8H,9-10H2,(H,21,23)(H,22,24). The van der Waals surface area contributed by atoms with Crippen LogP contribution in [0, 0.1) is 0 Å². The third-order valence-electron chi connectivity index (χ3n) is 3.01. The summed E-state index contributed by atoms with van der Waals surface area (Å²) in [4.78, 5) is 27.4. The number of amides is 2. The van der Waals surface area contributed by atoms with Crippen molar-refractivity contribution in [3.63, 3.8) is 0 Å². The van der Waals surface area contributed by atoms with Gasteiger partial charge in [-0.15, -0.1) is 0 Å². The van der Waals surface area contributed by atoms with Gasteiger partial charge in [0.25, 0.3) is 0 Å². The van der Waals surface area contributed by atoms with E-state index >= 15 is 0 Å². The molecule has 1 heterocycles. The highest BCUT2D eigenvalue weighted by atomic mass is 19.4. The van der Waals surface area contributed by atoms with Crippen molar-refractivity contribution >= 4 is 17.5 Å². The Balaban J connectivity index is 1.81. The Morgan fingerprint density at radius 2 is 1.71 bits per heavy atom. The topological polar surface area (TPSA) is 71.1 Å². The summed E-state index contributed by atoms with van der Waals surface area (Å²) >= 11 is 0. The number of carbonyl (C=O) groups is 2. The first-order valence-electron chi connectivity index (χ1n) is 6.98. The molecule has 126 valence electrons. The molecule has 0 aliphatic rings. The molecular formula is C16H14F3N3O2. The van der Waals surface area contributed by atoms with Gasteiger partial charge in [-0.3, -0.25) is 14.6 Å². The molecule has 0 spiro atoms. The van der Waals surface area contributed by atoms with Crippen molar-refractivity contribution in [3.8, 4) is 0 Å². The van der Waals surface area contributed by atoms with Gasteiger partial charge in [0.05, 0.1) is 17.8 Å². The van der Waals surface area contributed by atoms with Gasteiger partial charge < -0.3 is 10.6 Å². The number of carbonyl (C=O) groups excluding carboxylic acids is 2. The van der Waals surface area contributed by atoms with Gasteiger partial charge in [0, 0.05) is 11.9 Å². The average molecular weight is 337 g/mol. The number of aromatic nitrogens is 1. The van der Waals surface area contributed by atoms with E-state index in [0.717, 1.165) is 24.3 Å². The minimum Gasteiger partial charge on any atom is -0.350 e. The monoisotopic (exact) mass is 337 g/mol. The molecule has 2 rings (SSSR count). The first kappa shape index (κ1) is 17.5. The Morgan fingerprint density at radius 3 is 2.29 bits per heavy atom. The van der Waals surface area contributed by atoms with Crippen LogP contribution in [0.4, 0.5) is 18.9 Å². The van der Waals surface area contributed by atoms with Crippen molar-refractivity contribution in [3.05, 3.63) is 59.9 Å². The maximum absolute atomic E-state index is 12.4. The molecule has 1 aromatic heterocycles. The molecule has 5 nitrogen and oxygen atoms in total. The summed E-state index contributed by atoms with van der Waals surface area (Å²) in [7, 11) is 0. The summed E-state index contributed by atoms with van der Waals surface area (Å²) in [5.74, 6) is -1.13. The lowest BCUT2D eigenvalue weighted by atomic mass is 10.2. The molecule has 2 amide bonds. The van der Waals surface area contributed by atoms with Crippen molar-refractivity contribution in [2.45, 2.75) is 19.1 Å². The maximum atomic E-state index is 12.4. The first-order chi connectivity index (χ1) is 11.3. The Hall–Kier alpha value is -2.90. The molecule has 2 aromatic rings. The third kappa shape index (κ3) is 5.38. The summed E-state index contributed by atoms with van der Waals surface area (Å²) in [5, 5.41) is 4.90. The number of nitrogens with zero attached hydrogens (tertiary/aromatic N) is 1. The van der Waals surface area contributed by atoms with E-state index in [4.69, 9.17) is 0 Å². The third-order valence-corrected chi connectivity index (χ3v) is 3.01. The lowest BCUT2D eigenvalue weighted by Gasteiger charge is -2.09. The number of hydrogen-bond acceptors (Lipinski definition) is 3. The SMILES string of the molecule is O=C(CC(=O)Nc1ccc(C(F)(F)F)cc1)NCc1ccccn1. The highest BCUT2D eigenvalue weighted by Crippen LogP contribution is 2.29. The molecule has 24 heavy (non-hydrogen) atoms. The minimum absolute atomic E-state index is 0.186. The molecule has 2 N–H and O–H groups in total. The van der Waals surface area contributed by atoms with Crippen molar-refractivity contribution in [1.82, 2.24) is 10.3 Å². The number of nitrogens with one attached hydrogen (secondary N) is 2. The number of anilines is 1. The first-order valence-corrected chi connectivity index (χ1v) is 6.98. The smallest absolute Gasteiger partial charge is 0.350 e. The summed E-state index contributed by atoms with van der Waals surface area (Å²) < 4.78 is 37.3. The summed E-state index contributed by atoms with van der Waals surface area (Å²) in [6, 6.07) is 9.21. The van der Waals surface area contributed by atoms with E-state index in [1.54, 1.807) is 24.4 Å². The summed E-state index contributed by atoms with van der Waals surface area (Å²) in [5.41, 5.74) is 0.0214. The fraction of sp³-hybridized carbons (Fsp3) is 0.188. The minimum atomic E-state index is -4.44. The molecule has 0 bridgehead atoms. The van der Waals surface area contributed by atoms with Gasteiger partial charge in [0.1, 0.15) is 6.42 Å². The van der Waals surface area contributed by atoms with E-state index in [-0.39, 0.29) is 12.2 Å². The zero-order chi connectivity index (χ0) is 17.6. The van der Waals surface area contributed by atoms with Crippen molar-refractivity contribution in [1.29, 1.82) is 0 Å². The Kier molecular flexibility index (Phi) is 5.51. The van der Waals surface area contributed by atoms with Gasteiger partial charge in [-0.25, -0.2) is 0 Å². The Morgan fingerprint density at radius 1 is 1.00 bits per heavy atom. The molecular weight excluding hydrogens is 323 g/mol. The molecule has 0 saturated carbocycles. The summed E-state index contributed by atoms with van der Waals surface area (Å²) in [6.45, 7) is 0.188. The highest BCUT2D eigenvalue weighted by molar-refractivity contribution is 6.03. The molecule has 0 aliphatic carbocycles. The normalized spacial score (nSPS) is 11.0. The number of hydrogen-bond donors (Lipinski definition) is 2. The Bertz CT molecular complexity index is 701. The van der Waals surface area contributed by atoms with Crippen LogP contribution in [0.2, 0.25) is 0 Å². The lowest BCUT2D eigenvalue weighted by molar-refractivity contribution is -0.137. The quantitative estimate of drug-likeness (QED) is 0.824. The van der Waals surface area contributed by atoms with Crippen molar-refractivity contribution < 1.29 is 22.8 Å². The number of halogens is 3. The van der Waals surface area contributed by atoms with Gasteiger partial charge >= 0.3 is 6.18 Å². The fourth-order valence-corrected chi connectivity index (χ4v) is 1.85. The largest absolute Gasteiger partial charge is 0.416 e. The van der Waals surface area contributed by atoms with E-state index in [1.807, 2.05) is 0 Å². The highest BCUT2D eigenvalue weighted by Gasteiger charge is 2.29.